The van der Waals surface area contributed by atoms with Gasteiger partial charge in [0.05, 0.1) is 86.0 Å². The molecule has 4 aliphatic rings. The van der Waals surface area contributed by atoms with E-state index in [2.05, 4.69) is 5.32 Å². The van der Waals surface area contributed by atoms with E-state index < -0.39 is 135 Å². The van der Waals surface area contributed by atoms with Crippen molar-refractivity contribution in [3.63, 3.8) is 0 Å². The molecule has 2 bridgehead atoms. The van der Waals surface area contributed by atoms with Gasteiger partial charge < -0.3 is 81.1 Å². The second-order valence-corrected chi connectivity index (χ2v) is 18.8. The van der Waals surface area contributed by atoms with Crippen LogP contribution in [0.1, 0.15) is 97.3 Å². The van der Waals surface area contributed by atoms with Crippen LogP contribution in [-0.4, -0.2) is 167 Å². The summed E-state index contributed by atoms with van der Waals surface area (Å²) >= 11 is 0. The van der Waals surface area contributed by atoms with E-state index in [0.29, 0.717) is 0 Å². The quantitative estimate of drug-likeness (QED) is 0.175. The number of rotatable bonds is 4. The van der Waals surface area contributed by atoms with Gasteiger partial charge in [-0.25, -0.2) is 0 Å². The van der Waals surface area contributed by atoms with Crippen molar-refractivity contribution < 1.29 is 79.6 Å². The van der Waals surface area contributed by atoms with Gasteiger partial charge in [-0.2, -0.15) is 0 Å². The van der Waals surface area contributed by atoms with Crippen LogP contribution in [0.4, 0.5) is 0 Å². The SMILES string of the molecule is C[C@H]1C[C@H](O)[C@@H](C)/C=C/C=C/C=C/C=C/C=C/C=C/C=C/C(O[C@@H]2OC[C@@H](O)[C@H](N)[C@@H]2O)C[C@@H]2OC(O)(CC(O)CC(O)C(O)CCC(O)CC(O)CC(=O)O1)C[C@H](O)C2C(=O)NC1CCCC1. The summed E-state index contributed by atoms with van der Waals surface area (Å²) in [6, 6.07) is -1.21. The number of cyclic esters (lactones) is 1. The highest BCUT2D eigenvalue weighted by molar-refractivity contribution is 5.80. The fourth-order valence-electron chi connectivity index (χ4n) is 8.88. The molecule has 0 aromatic rings. The third-order valence-electron chi connectivity index (χ3n) is 12.8. The minimum atomic E-state index is -2.24. The maximum Gasteiger partial charge on any atom is 0.308 e. The lowest BCUT2D eigenvalue weighted by Gasteiger charge is -2.46. The number of esters is 1. The Morgan fingerprint density at radius 1 is 0.676 bits per heavy atom. The Hall–Kier alpha value is -3.44. The third kappa shape index (κ3) is 19.8. The number of aliphatic hydroxyl groups excluding tert-OH is 9. The van der Waals surface area contributed by atoms with Gasteiger partial charge in [-0.15, -0.1) is 0 Å². The molecular weight excluding hydrogens is 885 g/mol. The number of amides is 1. The fourth-order valence-corrected chi connectivity index (χ4v) is 8.88. The van der Waals surface area contributed by atoms with E-state index in [1.54, 1.807) is 49.5 Å². The number of ether oxygens (including phenoxy) is 4. The zero-order valence-electron chi connectivity index (χ0n) is 39.3. The van der Waals surface area contributed by atoms with Crippen molar-refractivity contribution in [1.82, 2.24) is 5.32 Å². The lowest BCUT2D eigenvalue weighted by atomic mass is 9.82. The molecule has 3 heterocycles. The number of allylic oxidation sites excluding steroid dienone is 12. The number of nitrogens with one attached hydrogen (secondary N) is 1. The molecule has 0 aromatic carbocycles. The minimum Gasteiger partial charge on any atom is -0.462 e. The molecule has 0 radical (unpaired) electrons. The summed E-state index contributed by atoms with van der Waals surface area (Å²) < 4.78 is 23.4. The zero-order valence-corrected chi connectivity index (χ0v) is 39.3. The van der Waals surface area contributed by atoms with Crippen molar-refractivity contribution in [2.75, 3.05) is 6.61 Å². The molecule has 18 heteroatoms. The van der Waals surface area contributed by atoms with Gasteiger partial charge in [0.15, 0.2) is 12.1 Å². The van der Waals surface area contributed by atoms with E-state index in [0.717, 1.165) is 25.7 Å². The Labute approximate surface area is 399 Å². The first kappa shape index (κ1) is 57.1. The molecule has 17 atom stereocenters. The molecule has 384 valence electrons. The fraction of sp³-hybridized carbons (Fsp3) is 0.680. The van der Waals surface area contributed by atoms with Crippen LogP contribution < -0.4 is 11.1 Å². The molecule has 2 saturated heterocycles. The number of hydrogen-bond acceptors (Lipinski definition) is 17. The number of hydrogen-bond donors (Lipinski definition) is 12. The number of fused-ring (bicyclic) bond motifs is 2. The lowest BCUT2D eigenvalue weighted by molar-refractivity contribution is -0.304. The van der Waals surface area contributed by atoms with Crippen molar-refractivity contribution in [1.29, 1.82) is 0 Å². The predicted molar refractivity (Wildman–Crippen MR) is 251 cm³/mol. The first-order chi connectivity index (χ1) is 32.3. The van der Waals surface area contributed by atoms with Crippen LogP contribution in [0.3, 0.4) is 0 Å². The Morgan fingerprint density at radius 3 is 1.91 bits per heavy atom. The van der Waals surface area contributed by atoms with Crippen LogP contribution in [-0.2, 0) is 28.5 Å². The second-order valence-electron chi connectivity index (χ2n) is 18.8. The Bertz CT molecular complexity index is 1730. The summed E-state index contributed by atoms with van der Waals surface area (Å²) in [6.45, 7) is 3.24. The van der Waals surface area contributed by atoms with Crippen LogP contribution in [0.15, 0.2) is 85.1 Å². The van der Waals surface area contributed by atoms with E-state index in [1.807, 2.05) is 49.5 Å². The zero-order chi connectivity index (χ0) is 49.8. The maximum atomic E-state index is 13.9. The lowest BCUT2D eigenvalue weighted by Crippen LogP contribution is -2.60. The average molecular weight is 963 g/mol. The van der Waals surface area contributed by atoms with Crippen LogP contribution >= 0.6 is 0 Å². The molecule has 3 aliphatic heterocycles. The second kappa shape index (κ2) is 29.0. The van der Waals surface area contributed by atoms with Crippen molar-refractivity contribution in [2.24, 2.45) is 17.6 Å². The predicted octanol–water partition coefficient (Wildman–Crippen LogP) is 1.05. The van der Waals surface area contributed by atoms with E-state index >= 15 is 0 Å². The standard InChI is InChI=1S/C50H78N2O16/c1-31-17-13-11-9-7-5-3-4-6-8-10-12-14-20-37(67-49-47(62)46(51)42(60)30-65-49)27-43-45(48(63)52-33-18-15-16-19-33)41(59)29-50(64,68-43)28-36(55)25-40(58)38(56)22-21-34(53)24-35(54)26-44(61)66-32(2)23-39(31)57/h3-14,17,20,31-43,45-47,49,53-60,62,64H,15-16,18-19,21-30,51H2,1-2H3,(H,52,63)/b4-3+,7-5+,8-6+,11-9+,12-10+,17-13+,20-14+/t31-,32-,34?,35?,36?,37?,38?,39-,40?,41-,42+,43-,45?,46-,47-,49-,50?/m0/s1. The van der Waals surface area contributed by atoms with Crippen molar-refractivity contribution >= 4 is 11.9 Å². The summed E-state index contributed by atoms with van der Waals surface area (Å²) in [5.74, 6) is -4.92. The Kier molecular flexibility index (Phi) is 24.4. The van der Waals surface area contributed by atoms with Crippen molar-refractivity contribution in [2.45, 2.75) is 195 Å². The summed E-state index contributed by atoms with van der Waals surface area (Å²) in [5.41, 5.74) is 6.03. The topological polar surface area (TPSA) is 311 Å². The number of carbonyl (C=O) groups is 2. The molecule has 3 fully saturated rings. The highest BCUT2D eigenvalue weighted by Crippen LogP contribution is 2.38. The number of nitrogens with two attached hydrogens (primary N) is 1. The van der Waals surface area contributed by atoms with E-state index in [4.69, 9.17) is 24.7 Å². The monoisotopic (exact) mass is 963 g/mol. The van der Waals surface area contributed by atoms with Crippen LogP contribution in [0, 0.1) is 11.8 Å². The Balaban J connectivity index is 1.57. The molecule has 1 amide bonds. The summed E-state index contributed by atoms with van der Waals surface area (Å²) in [6.07, 6.45) is 9.81. The van der Waals surface area contributed by atoms with Gasteiger partial charge in [-0.05, 0) is 39.0 Å². The van der Waals surface area contributed by atoms with Gasteiger partial charge in [0.2, 0.25) is 5.91 Å². The third-order valence-corrected chi connectivity index (χ3v) is 12.8. The van der Waals surface area contributed by atoms with Gasteiger partial charge in [0.25, 0.3) is 0 Å². The average Bonchev–Trinajstić information content (AvgIpc) is 3.77. The first-order valence-electron chi connectivity index (χ1n) is 24.1. The van der Waals surface area contributed by atoms with E-state index in [9.17, 15) is 60.7 Å². The summed E-state index contributed by atoms with van der Waals surface area (Å²) in [5, 5.41) is 112. The molecule has 13 N–H and O–H groups in total. The van der Waals surface area contributed by atoms with Gasteiger partial charge in [0.1, 0.15) is 12.2 Å². The normalized spacial score (nSPS) is 43.2. The highest BCUT2D eigenvalue weighted by atomic mass is 16.7. The molecule has 1 aliphatic carbocycles. The maximum absolute atomic E-state index is 13.9. The number of carbonyl (C=O) groups excluding carboxylic acids is 2. The summed E-state index contributed by atoms with van der Waals surface area (Å²) in [7, 11) is 0. The van der Waals surface area contributed by atoms with Crippen LogP contribution in [0.2, 0.25) is 0 Å². The Morgan fingerprint density at radius 2 is 1.28 bits per heavy atom. The van der Waals surface area contributed by atoms with Crippen LogP contribution in [0.5, 0.6) is 0 Å². The van der Waals surface area contributed by atoms with Gasteiger partial charge in [0, 0.05) is 44.1 Å². The van der Waals surface area contributed by atoms with Gasteiger partial charge >= 0.3 is 5.97 Å². The van der Waals surface area contributed by atoms with E-state index in [1.165, 1.54) is 0 Å². The van der Waals surface area contributed by atoms with Gasteiger partial charge in [-0.1, -0.05) is 105 Å². The molecular formula is C50H78N2O16. The van der Waals surface area contributed by atoms with Crippen molar-refractivity contribution in [3.05, 3.63) is 85.1 Å². The van der Waals surface area contributed by atoms with Gasteiger partial charge in [-0.3, -0.25) is 9.59 Å². The minimum absolute atomic E-state index is 0.0815. The molecule has 8 unspecified atom stereocenters. The molecule has 68 heavy (non-hydrogen) atoms. The summed E-state index contributed by atoms with van der Waals surface area (Å²) in [4.78, 5) is 26.4. The molecule has 0 aromatic heterocycles. The molecule has 0 spiro atoms. The first-order valence-corrected chi connectivity index (χ1v) is 24.1. The van der Waals surface area contributed by atoms with Crippen LogP contribution in [0.25, 0.3) is 0 Å². The van der Waals surface area contributed by atoms with Crippen molar-refractivity contribution in [3.8, 4) is 0 Å². The molecule has 4 rings (SSSR count). The largest absolute Gasteiger partial charge is 0.462 e. The smallest absolute Gasteiger partial charge is 0.308 e. The highest BCUT2D eigenvalue weighted by Gasteiger charge is 2.51. The molecule has 18 nitrogen and oxygen atoms in total. The van der Waals surface area contributed by atoms with E-state index in [-0.39, 0.29) is 50.7 Å². The molecule has 1 saturated carbocycles. The number of aliphatic hydroxyl groups is 10.